The number of hydrogen-bond donors (Lipinski definition) is 1. The topological polar surface area (TPSA) is 76.9 Å². The van der Waals surface area contributed by atoms with Crippen molar-refractivity contribution >= 4 is 28.6 Å². The molecule has 4 aromatic rings. The molecular formula is C23H22N4O2S2. The molecule has 0 atom stereocenters. The molecule has 0 aliphatic carbocycles. The molecule has 0 saturated carbocycles. The van der Waals surface area contributed by atoms with E-state index in [-0.39, 0.29) is 11.5 Å². The number of rotatable bonds is 7. The van der Waals surface area contributed by atoms with Gasteiger partial charge in [0.1, 0.15) is 16.2 Å². The SMILES string of the molecule is CC(C)(C(=O)NCCc1csc(-c2ccccc2)n1)n1nc(-c2cccs2)ccc1=O. The molecule has 0 aliphatic rings. The van der Waals surface area contributed by atoms with Crippen LogP contribution in [0.3, 0.4) is 0 Å². The summed E-state index contributed by atoms with van der Waals surface area (Å²) < 4.78 is 1.26. The Labute approximate surface area is 188 Å². The third-order valence-electron chi connectivity index (χ3n) is 4.90. The van der Waals surface area contributed by atoms with Gasteiger partial charge in [0, 0.05) is 30.0 Å². The van der Waals surface area contributed by atoms with Gasteiger partial charge in [-0.15, -0.1) is 22.7 Å². The summed E-state index contributed by atoms with van der Waals surface area (Å²) in [4.78, 5) is 30.9. The van der Waals surface area contributed by atoms with E-state index in [2.05, 4.69) is 15.4 Å². The van der Waals surface area contributed by atoms with Crippen LogP contribution in [-0.4, -0.2) is 27.2 Å². The first-order chi connectivity index (χ1) is 14.9. The van der Waals surface area contributed by atoms with Crippen LogP contribution < -0.4 is 10.9 Å². The zero-order valence-corrected chi connectivity index (χ0v) is 18.9. The van der Waals surface area contributed by atoms with Crippen LogP contribution in [0.15, 0.2) is 70.2 Å². The van der Waals surface area contributed by atoms with Gasteiger partial charge in [-0.25, -0.2) is 9.67 Å². The molecule has 6 nitrogen and oxygen atoms in total. The molecule has 3 aromatic heterocycles. The zero-order chi connectivity index (χ0) is 21.8. The summed E-state index contributed by atoms with van der Waals surface area (Å²) in [6, 6.07) is 17.0. The smallest absolute Gasteiger partial charge is 0.267 e. The Bertz CT molecular complexity index is 1230. The van der Waals surface area contributed by atoms with E-state index >= 15 is 0 Å². The number of thiazole rings is 1. The molecule has 0 bridgehead atoms. The van der Waals surface area contributed by atoms with E-state index in [4.69, 9.17) is 0 Å². The normalized spacial score (nSPS) is 11.4. The van der Waals surface area contributed by atoms with Crippen LogP contribution in [0.25, 0.3) is 21.1 Å². The minimum Gasteiger partial charge on any atom is -0.354 e. The number of carbonyl (C=O) groups excluding carboxylic acids is 1. The highest BCUT2D eigenvalue weighted by molar-refractivity contribution is 7.13. The number of nitrogens with zero attached hydrogens (tertiary/aromatic N) is 3. The molecule has 0 aliphatic heterocycles. The van der Waals surface area contributed by atoms with Crippen LogP contribution >= 0.6 is 22.7 Å². The molecule has 1 amide bonds. The lowest BCUT2D eigenvalue weighted by Crippen LogP contribution is -2.50. The predicted molar refractivity (Wildman–Crippen MR) is 125 cm³/mol. The van der Waals surface area contributed by atoms with Gasteiger partial charge in [0.25, 0.3) is 5.56 Å². The Balaban J connectivity index is 1.42. The maximum Gasteiger partial charge on any atom is 0.267 e. The van der Waals surface area contributed by atoms with Crippen LogP contribution in [-0.2, 0) is 16.8 Å². The summed E-state index contributed by atoms with van der Waals surface area (Å²) in [5.41, 5.74) is 1.25. The van der Waals surface area contributed by atoms with Gasteiger partial charge in [0.05, 0.1) is 10.6 Å². The second-order valence-corrected chi connectivity index (χ2v) is 9.33. The summed E-state index contributed by atoms with van der Waals surface area (Å²) in [6.07, 6.45) is 0.614. The van der Waals surface area contributed by atoms with E-state index in [0.29, 0.717) is 18.7 Å². The van der Waals surface area contributed by atoms with E-state index in [1.54, 1.807) is 31.3 Å². The van der Waals surface area contributed by atoms with Gasteiger partial charge in [-0.3, -0.25) is 9.59 Å². The second-order valence-electron chi connectivity index (χ2n) is 7.52. The van der Waals surface area contributed by atoms with Gasteiger partial charge in [-0.05, 0) is 31.4 Å². The maximum atomic E-state index is 12.9. The summed E-state index contributed by atoms with van der Waals surface area (Å²) >= 11 is 3.12. The fraction of sp³-hybridized carbons (Fsp3) is 0.217. The third-order valence-corrected chi connectivity index (χ3v) is 6.73. The highest BCUT2D eigenvalue weighted by Crippen LogP contribution is 2.24. The van der Waals surface area contributed by atoms with E-state index in [1.807, 2.05) is 53.2 Å². The van der Waals surface area contributed by atoms with Gasteiger partial charge >= 0.3 is 0 Å². The number of thiophene rings is 1. The molecule has 31 heavy (non-hydrogen) atoms. The molecular weight excluding hydrogens is 428 g/mol. The molecule has 3 heterocycles. The van der Waals surface area contributed by atoms with E-state index < -0.39 is 5.54 Å². The Morgan fingerprint density at radius 3 is 2.61 bits per heavy atom. The van der Waals surface area contributed by atoms with Crippen molar-refractivity contribution in [2.45, 2.75) is 25.8 Å². The molecule has 1 aromatic carbocycles. The van der Waals surface area contributed by atoms with Crippen molar-refractivity contribution in [3.63, 3.8) is 0 Å². The lowest BCUT2D eigenvalue weighted by molar-refractivity contribution is -0.128. The minimum absolute atomic E-state index is 0.260. The quantitative estimate of drug-likeness (QED) is 0.458. The Morgan fingerprint density at radius 1 is 1.06 bits per heavy atom. The summed E-state index contributed by atoms with van der Waals surface area (Å²) in [5.74, 6) is -0.260. The van der Waals surface area contributed by atoms with Crippen molar-refractivity contribution in [2.75, 3.05) is 6.54 Å². The van der Waals surface area contributed by atoms with Gasteiger partial charge < -0.3 is 5.32 Å². The standard InChI is InChI=1S/C23H22N4O2S2/c1-23(2,27-20(28)11-10-18(26-27)19-9-6-14-30-19)22(29)24-13-12-17-15-31-21(25-17)16-7-4-3-5-8-16/h3-11,14-15H,12-13H2,1-2H3,(H,24,29). The molecule has 158 valence electrons. The van der Waals surface area contributed by atoms with Gasteiger partial charge in [0.15, 0.2) is 0 Å². The van der Waals surface area contributed by atoms with Crippen molar-refractivity contribution in [2.24, 2.45) is 0 Å². The molecule has 4 rings (SSSR count). The van der Waals surface area contributed by atoms with Crippen LogP contribution in [0, 0.1) is 0 Å². The van der Waals surface area contributed by atoms with Gasteiger partial charge in [0.2, 0.25) is 5.91 Å². The van der Waals surface area contributed by atoms with Crippen LogP contribution in [0.1, 0.15) is 19.5 Å². The van der Waals surface area contributed by atoms with Gasteiger partial charge in [-0.1, -0.05) is 36.4 Å². The third kappa shape index (κ3) is 4.65. The van der Waals surface area contributed by atoms with Crippen LogP contribution in [0.5, 0.6) is 0 Å². The molecule has 8 heteroatoms. The average molecular weight is 451 g/mol. The molecule has 1 N–H and O–H groups in total. The number of carbonyl (C=O) groups is 1. The van der Waals surface area contributed by atoms with Crippen molar-refractivity contribution in [3.8, 4) is 21.1 Å². The number of nitrogens with one attached hydrogen (secondary N) is 1. The number of aromatic nitrogens is 3. The highest BCUT2D eigenvalue weighted by atomic mass is 32.1. The summed E-state index contributed by atoms with van der Waals surface area (Å²) in [6.45, 7) is 3.83. The number of hydrogen-bond acceptors (Lipinski definition) is 6. The number of amides is 1. The molecule has 0 fully saturated rings. The fourth-order valence-electron chi connectivity index (χ4n) is 3.12. The van der Waals surface area contributed by atoms with Crippen molar-refractivity contribution < 1.29 is 4.79 Å². The molecule has 0 saturated heterocycles. The van der Waals surface area contributed by atoms with Crippen LogP contribution in [0.4, 0.5) is 0 Å². The van der Waals surface area contributed by atoms with Gasteiger partial charge in [-0.2, -0.15) is 5.10 Å². The summed E-state index contributed by atoms with van der Waals surface area (Å²) in [7, 11) is 0. The van der Waals surface area contributed by atoms with Crippen molar-refractivity contribution in [1.29, 1.82) is 0 Å². The summed E-state index contributed by atoms with van der Waals surface area (Å²) in [5, 5.41) is 12.3. The van der Waals surface area contributed by atoms with E-state index in [1.165, 1.54) is 22.1 Å². The fourth-order valence-corrected chi connectivity index (χ4v) is 4.67. The molecule has 0 spiro atoms. The highest BCUT2D eigenvalue weighted by Gasteiger charge is 2.32. The molecule has 0 radical (unpaired) electrons. The minimum atomic E-state index is -1.12. The Kier molecular flexibility index (Phi) is 6.11. The monoisotopic (exact) mass is 450 g/mol. The first-order valence-corrected chi connectivity index (χ1v) is 11.6. The number of benzene rings is 1. The Hall–Kier alpha value is -3.10. The lowest BCUT2D eigenvalue weighted by atomic mass is 10.0. The first-order valence-electron chi connectivity index (χ1n) is 9.88. The van der Waals surface area contributed by atoms with Crippen LogP contribution in [0.2, 0.25) is 0 Å². The molecule has 0 unspecified atom stereocenters. The first kappa shape index (κ1) is 21.1. The average Bonchev–Trinajstić information content (AvgIpc) is 3.47. The second kappa shape index (κ2) is 8.95. The van der Waals surface area contributed by atoms with E-state index in [9.17, 15) is 9.59 Å². The van der Waals surface area contributed by atoms with Crippen molar-refractivity contribution in [3.05, 3.63) is 81.4 Å². The zero-order valence-electron chi connectivity index (χ0n) is 17.2. The predicted octanol–water partition coefficient (Wildman–Crippen LogP) is 4.19. The van der Waals surface area contributed by atoms with Crippen molar-refractivity contribution in [1.82, 2.24) is 20.1 Å². The maximum absolute atomic E-state index is 12.9. The lowest BCUT2D eigenvalue weighted by Gasteiger charge is -2.25. The van der Waals surface area contributed by atoms with E-state index in [0.717, 1.165) is 21.1 Å². The Morgan fingerprint density at radius 2 is 1.87 bits per heavy atom. The largest absolute Gasteiger partial charge is 0.354 e.